The van der Waals surface area contributed by atoms with Gasteiger partial charge in [-0.2, -0.15) is 0 Å². The van der Waals surface area contributed by atoms with Crippen LogP contribution in [0.3, 0.4) is 0 Å². The fourth-order valence-electron chi connectivity index (χ4n) is 2.00. The number of aromatic nitrogens is 4. The third kappa shape index (κ3) is 3.79. The van der Waals surface area contributed by atoms with Crippen molar-refractivity contribution in [3.8, 4) is 0 Å². The Hall–Kier alpha value is -2.48. The molecule has 0 saturated heterocycles. The van der Waals surface area contributed by atoms with E-state index in [9.17, 15) is 9.59 Å². The molecule has 0 unspecified atom stereocenters. The fourth-order valence-corrected chi connectivity index (χ4v) is 2.00. The molecule has 8 heteroatoms. The molecule has 0 bridgehead atoms. The molecule has 2 aromatic heterocycles. The number of nitrogens with one attached hydrogen (secondary N) is 1. The van der Waals surface area contributed by atoms with Crippen molar-refractivity contribution in [2.24, 2.45) is 7.05 Å². The third-order valence-corrected chi connectivity index (χ3v) is 3.23. The molecule has 0 fully saturated rings. The summed E-state index contributed by atoms with van der Waals surface area (Å²) in [5.74, 6) is 0.377. The Morgan fingerprint density at radius 1 is 1.45 bits per heavy atom. The van der Waals surface area contributed by atoms with Gasteiger partial charge in [-0.1, -0.05) is 0 Å². The van der Waals surface area contributed by atoms with E-state index in [2.05, 4.69) is 15.5 Å². The lowest BCUT2D eigenvalue weighted by Gasteiger charge is -2.07. The molecule has 0 saturated carbocycles. The molecule has 2 aromatic rings. The van der Waals surface area contributed by atoms with Gasteiger partial charge in [0.2, 0.25) is 0 Å². The second kappa shape index (κ2) is 7.51. The Balaban J connectivity index is 1.91. The van der Waals surface area contributed by atoms with Gasteiger partial charge in [0.05, 0.1) is 6.61 Å². The Kier molecular flexibility index (Phi) is 5.42. The van der Waals surface area contributed by atoms with E-state index in [0.717, 1.165) is 5.82 Å². The van der Waals surface area contributed by atoms with Gasteiger partial charge in [-0.05, 0) is 12.1 Å². The molecule has 22 heavy (non-hydrogen) atoms. The minimum atomic E-state index is -0.385. The minimum absolute atomic E-state index is 0.130. The molecular weight excluding hydrogens is 286 g/mol. The second-order valence-electron chi connectivity index (χ2n) is 4.78. The minimum Gasteiger partial charge on any atom is -0.383 e. The molecule has 2 heterocycles. The van der Waals surface area contributed by atoms with Gasteiger partial charge >= 0.3 is 0 Å². The molecule has 0 aliphatic heterocycles. The largest absolute Gasteiger partial charge is 0.383 e. The molecule has 2 rings (SSSR count). The molecule has 0 aliphatic rings. The standard InChI is InChI=1S/C14H19N5O3/c1-18-7-3-4-11(14(18)21)13(20)15-6-5-12-17-16-10-19(12)8-9-22-2/h3-4,7,10H,5-6,8-9H2,1-2H3,(H,15,20). The highest BCUT2D eigenvalue weighted by molar-refractivity contribution is 5.93. The third-order valence-electron chi connectivity index (χ3n) is 3.23. The van der Waals surface area contributed by atoms with Crippen molar-refractivity contribution in [1.82, 2.24) is 24.6 Å². The maximum Gasteiger partial charge on any atom is 0.263 e. The number of methoxy groups -OCH3 is 1. The quantitative estimate of drug-likeness (QED) is 0.751. The summed E-state index contributed by atoms with van der Waals surface area (Å²) in [7, 11) is 3.24. The number of rotatable bonds is 7. The van der Waals surface area contributed by atoms with E-state index in [4.69, 9.17) is 4.74 Å². The van der Waals surface area contributed by atoms with Crippen molar-refractivity contribution < 1.29 is 9.53 Å². The average Bonchev–Trinajstić information content (AvgIpc) is 2.95. The molecule has 0 aliphatic carbocycles. The SMILES string of the molecule is COCCn1cnnc1CCNC(=O)c1cccn(C)c1=O. The van der Waals surface area contributed by atoms with Gasteiger partial charge in [-0.25, -0.2) is 0 Å². The Bertz CT molecular complexity index is 692. The number of hydrogen-bond acceptors (Lipinski definition) is 5. The summed E-state index contributed by atoms with van der Waals surface area (Å²) >= 11 is 0. The first-order valence-corrected chi connectivity index (χ1v) is 6.93. The van der Waals surface area contributed by atoms with E-state index in [1.165, 1.54) is 10.6 Å². The maximum atomic E-state index is 12.0. The van der Waals surface area contributed by atoms with Gasteiger partial charge in [0.25, 0.3) is 11.5 Å². The summed E-state index contributed by atoms with van der Waals surface area (Å²) in [4.78, 5) is 23.9. The van der Waals surface area contributed by atoms with Crippen LogP contribution in [0.15, 0.2) is 29.5 Å². The fraction of sp³-hybridized carbons (Fsp3) is 0.429. The lowest BCUT2D eigenvalue weighted by molar-refractivity contribution is 0.0951. The monoisotopic (exact) mass is 305 g/mol. The van der Waals surface area contributed by atoms with E-state index in [-0.39, 0.29) is 17.0 Å². The zero-order valence-corrected chi connectivity index (χ0v) is 12.7. The molecule has 118 valence electrons. The second-order valence-corrected chi connectivity index (χ2v) is 4.78. The summed E-state index contributed by atoms with van der Waals surface area (Å²) in [5, 5.41) is 10.6. The summed E-state index contributed by atoms with van der Waals surface area (Å²) in [6, 6.07) is 3.18. The summed E-state index contributed by atoms with van der Waals surface area (Å²) in [5.41, 5.74) is -0.186. The molecular formula is C14H19N5O3. The van der Waals surface area contributed by atoms with E-state index in [1.54, 1.807) is 32.7 Å². The predicted molar refractivity (Wildman–Crippen MR) is 79.6 cm³/mol. The molecule has 1 N–H and O–H groups in total. The number of aryl methyl sites for hydroxylation is 1. The number of amides is 1. The molecule has 0 spiro atoms. The van der Waals surface area contributed by atoms with Crippen molar-refractivity contribution in [2.75, 3.05) is 20.3 Å². The topological polar surface area (TPSA) is 91.0 Å². The van der Waals surface area contributed by atoms with Gasteiger partial charge in [0, 0.05) is 39.9 Å². The van der Waals surface area contributed by atoms with Crippen LogP contribution in [0.4, 0.5) is 0 Å². The van der Waals surface area contributed by atoms with Crippen molar-refractivity contribution in [1.29, 1.82) is 0 Å². The Labute approximate surface area is 127 Å². The van der Waals surface area contributed by atoms with Crippen molar-refractivity contribution in [2.45, 2.75) is 13.0 Å². The van der Waals surface area contributed by atoms with Gasteiger partial charge in [-0.3, -0.25) is 9.59 Å². The highest BCUT2D eigenvalue weighted by atomic mass is 16.5. The van der Waals surface area contributed by atoms with Gasteiger partial charge in [-0.15, -0.1) is 10.2 Å². The van der Waals surface area contributed by atoms with Crippen molar-refractivity contribution in [3.63, 3.8) is 0 Å². The zero-order valence-electron chi connectivity index (χ0n) is 12.7. The van der Waals surface area contributed by atoms with Crippen LogP contribution in [-0.2, 0) is 24.8 Å². The van der Waals surface area contributed by atoms with Crippen LogP contribution < -0.4 is 10.9 Å². The first-order valence-electron chi connectivity index (χ1n) is 6.93. The maximum absolute atomic E-state index is 12.0. The van der Waals surface area contributed by atoms with Crippen LogP contribution >= 0.6 is 0 Å². The number of pyridine rings is 1. The highest BCUT2D eigenvalue weighted by Gasteiger charge is 2.11. The number of hydrogen-bond donors (Lipinski definition) is 1. The van der Waals surface area contributed by atoms with E-state index in [1.807, 2.05) is 4.57 Å². The molecule has 1 amide bonds. The normalized spacial score (nSPS) is 10.6. The van der Waals surface area contributed by atoms with E-state index < -0.39 is 0 Å². The average molecular weight is 305 g/mol. The lowest BCUT2D eigenvalue weighted by Crippen LogP contribution is -2.33. The summed E-state index contributed by atoms with van der Waals surface area (Å²) < 4.78 is 8.26. The van der Waals surface area contributed by atoms with Gasteiger partial charge in [0.15, 0.2) is 0 Å². The Morgan fingerprint density at radius 2 is 2.27 bits per heavy atom. The first-order chi connectivity index (χ1) is 10.6. The van der Waals surface area contributed by atoms with Crippen LogP contribution in [0.25, 0.3) is 0 Å². The van der Waals surface area contributed by atoms with E-state index in [0.29, 0.717) is 26.1 Å². The number of nitrogens with zero attached hydrogens (tertiary/aromatic N) is 4. The number of carbonyl (C=O) groups is 1. The van der Waals surface area contributed by atoms with Crippen LogP contribution in [0, 0.1) is 0 Å². The van der Waals surface area contributed by atoms with Crippen molar-refractivity contribution in [3.05, 3.63) is 46.4 Å². The molecule has 0 atom stereocenters. The molecule has 0 aromatic carbocycles. The first kappa shape index (κ1) is 15.9. The van der Waals surface area contributed by atoms with Crippen LogP contribution in [0.1, 0.15) is 16.2 Å². The lowest BCUT2D eigenvalue weighted by atomic mass is 10.2. The van der Waals surface area contributed by atoms with Gasteiger partial charge in [0.1, 0.15) is 17.7 Å². The number of carbonyl (C=O) groups excluding carboxylic acids is 1. The molecule has 8 nitrogen and oxygen atoms in total. The Morgan fingerprint density at radius 3 is 3.05 bits per heavy atom. The predicted octanol–water partition coefficient (Wildman–Crippen LogP) is -0.404. The van der Waals surface area contributed by atoms with Crippen LogP contribution in [-0.4, -0.2) is 45.5 Å². The van der Waals surface area contributed by atoms with Crippen LogP contribution in [0.5, 0.6) is 0 Å². The van der Waals surface area contributed by atoms with E-state index >= 15 is 0 Å². The van der Waals surface area contributed by atoms with Gasteiger partial charge < -0.3 is 19.2 Å². The van der Waals surface area contributed by atoms with Crippen LogP contribution in [0.2, 0.25) is 0 Å². The smallest absolute Gasteiger partial charge is 0.263 e. The summed E-state index contributed by atoms with van der Waals surface area (Å²) in [6.45, 7) is 1.60. The summed E-state index contributed by atoms with van der Waals surface area (Å²) in [6.07, 6.45) is 3.77. The van der Waals surface area contributed by atoms with Crippen molar-refractivity contribution >= 4 is 5.91 Å². The molecule has 0 radical (unpaired) electrons. The zero-order chi connectivity index (χ0) is 15.9. The highest BCUT2D eigenvalue weighted by Crippen LogP contribution is 1.97. The number of ether oxygens (including phenoxy) is 1.